The molecule has 0 bridgehead atoms. The Bertz CT molecular complexity index is 794. The molecule has 2 rings (SSSR count). The van der Waals surface area contributed by atoms with Gasteiger partial charge in [-0.05, 0) is 42.5 Å². The molecule has 124 valence electrons. The lowest BCUT2D eigenvalue weighted by Gasteiger charge is -2.11. The summed E-state index contributed by atoms with van der Waals surface area (Å²) in [6, 6.07) is 9.85. The van der Waals surface area contributed by atoms with Crippen LogP contribution in [0, 0.1) is 5.82 Å². The van der Waals surface area contributed by atoms with Gasteiger partial charge in [-0.15, -0.1) is 0 Å². The lowest BCUT2D eigenvalue weighted by atomic mass is 10.1. The predicted molar refractivity (Wildman–Crippen MR) is 86.8 cm³/mol. The zero-order valence-corrected chi connectivity index (χ0v) is 13.3. The highest BCUT2D eigenvalue weighted by Gasteiger charge is 2.11. The SMILES string of the molecule is CN(N=Cc1ccc(C(=O)NO)cc1F)C(=O)c1ccc(Cl)cc1. The third kappa shape index (κ3) is 4.15. The molecule has 2 aromatic carbocycles. The second-order valence-electron chi connectivity index (χ2n) is 4.76. The van der Waals surface area contributed by atoms with Gasteiger partial charge in [-0.2, -0.15) is 5.10 Å². The van der Waals surface area contributed by atoms with Crippen LogP contribution in [0.2, 0.25) is 5.02 Å². The van der Waals surface area contributed by atoms with Gasteiger partial charge in [0.05, 0.1) is 6.21 Å². The van der Waals surface area contributed by atoms with E-state index in [0.717, 1.165) is 17.3 Å². The number of hydrogen-bond acceptors (Lipinski definition) is 4. The predicted octanol–water partition coefficient (Wildman–Crippen LogP) is 2.70. The van der Waals surface area contributed by atoms with E-state index in [0.29, 0.717) is 10.6 Å². The highest BCUT2D eigenvalue weighted by molar-refractivity contribution is 6.30. The molecule has 0 aliphatic rings. The van der Waals surface area contributed by atoms with E-state index >= 15 is 0 Å². The highest BCUT2D eigenvalue weighted by Crippen LogP contribution is 2.12. The largest absolute Gasteiger partial charge is 0.288 e. The fourth-order valence-electron chi connectivity index (χ4n) is 1.82. The Morgan fingerprint density at radius 1 is 1.21 bits per heavy atom. The number of amides is 2. The van der Waals surface area contributed by atoms with Gasteiger partial charge in [0.2, 0.25) is 0 Å². The van der Waals surface area contributed by atoms with Gasteiger partial charge in [0.25, 0.3) is 11.8 Å². The van der Waals surface area contributed by atoms with Crippen molar-refractivity contribution in [1.82, 2.24) is 10.5 Å². The summed E-state index contributed by atoms with van der Waals surface area (Å²) >= 11 is 5.76. The van der Waals surface area contributed by atoms with Crippen LogP contribution in [0.25, 0.3) is 0 Å². The van der Waals surface area contributed by atoms with E-state index in [1.54, 1.807) is 24.3 Å². The van der Waals surface area contributed by atoms with Gasteiger partial charge >= 0.3 is 0 Å². The molecule has 0 unspecified atom stereocenters. The minimum absolute atomic E-state index is 0.0438. The Kier molecular flexibility index (Phi) is 5.62. The summed E-state index contributed by atoms with van der Waals surface area (Å²) in [5, 5.41) is 14.0. The second-order valence-corrected chi connectivity index (χ2v) is 5.19. The van der Waals surface area contributed by atoms with Gasteiger partial charge in [-0.1, -0.05) is 11.6 Å². The number of hydroxylamine groups is 1. The van der Waals surface area contributed by atoms with Gasteiger partial charge in [0.1, 0.15) is 5.82 Å². The Balaban J connectivity index is 2.13. The van der Waals surface area contributed by atoms with Gasteiger partial charge in [-0.25, -0.2) is 14.9 Å². The maximum atomic E-state index is 13.9. The van der Waals surface area contributed by atoms with E-state index in [4.69, 9.17) is 16.8 Å². The van der Waals surface area contributed by atoms with Crippen LogP contribution in [-0.2, 0) is 0 Å². The molecule has 0 spiro atoms. The number of nitrogens with one attached hydrogen (secondary N) is 1. The van der Waals surface area contributed by atoms with E-state index in [1.165, 1.54) is 24.7 Å². The van der Waals surface area contributed by atoms with Gasteiger partial charge in [-0.3, -0.25) is 14.8 Å². The highest BCUT2D eigenvalue weighted by atomic mass is 35.5. The summed E-state index contributed by atoms with van der Waals surface area (Å²) in [5.74, 6) is -1.93. The molecule has 0 fully saturated rings. The number of rotatable bonds is 4. The van der Waals surface area contributed by atoms with Crippen molar-refractivity contribution in [3.8, 4) is 0 Å². The van der Waals surface area contributed by atoms with Crippen molar-refractivity contribution in [2.45, 2.75) is 0 Å². The Morgan fingerprint density at radius 3 is 2.42 bits per heavy atom. The van der Waals surface area contributed by atoms with Crippen LogP contribution >= 0.6 is 11.6 Å². The van der Waals surface area contributed by atoms with E-state index in [9.17, 15) is 14.0 Å². The molecule has 0 saturated carbocycles. The summed E-state index contributed by atoms with van der Waals surface area (Å²) in [7, 11) is 1.43. The quantitative estimate of drug-likeness (QED) is 0.506. The second kappa shape index (κ2) is 7.67. The maximum absolute atomic E-state index is 13.9. The van der Waals surface area contributed by atoms with E-state index in [1.807, 2.05) is 0 Å². The zero-order chi connectivity index (χ0) is 17.7. The lowest BCUT2D eigenvalue weighted by Crippen LogP contribution is -2.21. The number of carbonyl (C=O) groups is 2. The first kappa shape index (κ1) is 17.6. The first-order valence-corrected chi connectivity index (χ1v) is 7.11. The number of hydrogen-bond donors (Lipinski definition) is 2. The van der Waals surface area contributed by atoms with E-state index in [2.05, 4.69) is 5.10 Å². The summed E-state index contributed by atoms with van der Waals surface area (Å²) in [4.78, 5) is 23.3. The molecule has 0 atom stereocenters. The van der Waals surface area contributed by atoms with Gasteiger partial charge in [0, 0.05) is 28.8 Å². The topological polar surface area (TPSA) is 82.0 Å². The average molecular weight is 350 g/mol. The molecule has 0 aliphatic carbocycles. The van der Waals surface area contributed by atoms with Crippen molar-refractivity contribution in [2.24, 2.45) is 5.10 Å². The molecule has 0 saturated heterocycles. The molecule has 0 heterocycles. The summed E-state index contributed by atoms with van der Waals surface area (Å²) in [6.45, 7) is 0. The van der Waals surface area contributed by atoms with Gasteiger partial charge in [0.15, 0.2) is 0 Å². The van der Waals surface area contributed by atoms with Crippen molar-refractivity contribution in [3.63, 3.8) is 0 Å². The van der Waals surface area contributed by atoms with Gasteiger partial charge < -0.3 is 0 Å². The zero-order valence-electron chi connectivity index (χ0n) is 12.5. The van der Waals surface area contributed by atoms with Crippen LogP contribution in [0.5, 0.6) is 0 Å². The van der Waals surface area contributed by atoms with E-state index < -0.39 is 11.7 Å². The Hall–Kier alpha value is -2.77. The van der Waals surface area contributed by atoms with Crippen LogP contribution in [0.4, 0.5) is 4.39 Å². The number of benzene rings is 2. The molecule has 0 radical (unpaired) electrons. The number of halogens is 2. The standard InChI is InChI=1S/C16H13ClFN3O3/c1-21(16(23)10-4-6-13(17)7-5-10)19-9-12-3-2-11(8-14(12)18)15(22)20-24/h2-9,24H,1H3,(H,20,22). The average Bonchev–Trinajstić information content (AvgIpc) is 2.59. The molecule has 24 heavy (non-hydrogen) atoms. The van der Waals surface area contributed by atoms with E-state index in [-0.39, 0.29) is 17.0 Å². The first-order valence-electron chi connectivity index (χ1n) is 6.74. The van der Waals surface area contributed by atoms with Crippen LogP contribution in [0.3, 0.4) is 0 Å². The molecule has 8 heteroatoms. The van der Waals surface area contributed by atoms with Crippen LogP contribution in [-0.4, -0.2) is 35.3 Å². The van der Waals surface area contributed by atoms with Crippen molar-refractivity contribution >= 4 is 29.6 Å². The summed E-state index contributed by atoms with van der Waals surface area (Å²) in [6.07, 6.45) is 1.16. The Morgan fingerprint density at radius 2 is 1.83 bits per heavy atom. The molecule has 2 N–H and O–H groups in total. The Labute approximate surface area is 142 Å². The fourth-order valence-corrected chi connectivity index (χ4v) is 1.94. The van der Waals surface area contributed by atoms with Crippen LogP contribution in [0.15, 0.2) is 47.6 Å². The molecule has 0 aromatic heterocycles. The lowest BCUT2D eigenvalue weighted by molar-refractivity contribution is 0.0705. The number of nitrogens with zero attached hydrogens (tertiary/aromatic N) is 2. The van der Waals surface area contributed by atoms with Crippen molar-refractivity contribution in [3.05, 3.63) is 70.0 Å². The smallest absolute Gasteiger partial charge is 0.274 e. The van der Waals surface area contributed by atoms with Crippen molar-refractivity contribution in [1.29, 1.82) is 0 Å². The molecule has 2 aromatic rings. The third-order valence-corrected chi connectivity index (χ3v) is 3.37. The molecular formula is C16H13ClFN3O3. The van der Waals surface area contributed by atoms with Crippen molar-refractivity contribution in [2.75, 3.05) is 7.05 Å². The minimum atomic E-state index is -0.826. The van der Waals surface area contributed by atoms with Crippen molar-refractivity contribution < 1.29 is 19.2 Å². The normalized spacial score (nSPS) is 10.7. The number of hydrazone groups is 1. The van der Waals surface area contributed by atoms with Crippen LogP contribution in [0.1, 0.15) is 26.3 Å². The maximum Gasteiger partial charge on any atom is 0.274 e. The molecular weight excluding hydrogens is 337 g/mol. The summed E-state index contributed by atoms with van der Waals surface area (Å²) in [5.41, 5.74) is 1.84. The molecule has 0 aliphatic heterocycles. The minimum Gasteiger partial charge on any atom is -0.288 e. The molecule has 2 amide bonds. The first-order chi connectivity index (χ1) is 11.4. The van der Waals surface area contributed by atoms with Crippen LogP contribution < -0.4 is 5.48 Å². The molecule has 6 nitrogen and oxygen atoms in total. The summed E-state index contributed by atoms with van der Waals surface area (Å²) < 4.78 is 13.9. The fraction of sp³-hybridized carbons (Fsp3) is 0.0625. The monoisotopic (exact) mass is 349 g/mol. The number of carbonyl (C=O) groups excluding carboxylic acids is 2. The third-order valence-electron chi connectivity index (χ3n) is 3.12.